The fraction of sp³-hybridized carbons (Fsp3) is 0.500. The zero-order valence-electron chi connectivity index (χ0n) is 15.2. The number of halogens is 1. The number of amides is 1. The maximum absolute atomic E-state index is 11.3. The largest absolute Gasteiger partial charge is 0.492 e. The molecule has 1 saturated heterocycles. The third kappa shape index (κ3) is 4.02. The predicted molar refractivity (Wildman–Crippen MR) is 98.9 cm³/mol. The Kier molecular flexibility index (Phi) is 5.48. The highest BCUT2D eigenvalue weighted by Crippen LogP contribution is 2.39. The second-order valence-corrected chi connectivity index (χ2v) is 7.57. The number of nitrogens with one attached hydrogen (secondary N) is 1. The van der Waals surface area contributed by atoms with Gasteiger partial charge in [-0.3, -0.25) is 4.79 Å². The molecule has 6 heteroatoms. The van der Waals surface area contributed by atoms with Crippen LogP contribution in [-0.2, 0) is 14.1 Å². The van der Waals surface area contributed by atoms with Crippen LogP contribution in [0.4, 0.5) is 0 Å². The first-order valence-corrected chi connectivity index (χ1v) is 8.47. The van der Waals surface area contributed by atoms with Crippen molar-refractivity contribution in [3.05, 3.63) is 39.8 Å². The van der Waals surface area contributed by atoms with Gasteiger partial charge in [-0.2, -0.15) is 0 Å². The number of benzene rings is 1. The minimum Gasteiger partial charge on any atom is -0.400 e. The van der Waals surface area contributed by atoms with E-state index in [1.165, 1.54) is 6.92 Å². The highest BCUT2D eigenvalue weighted by atomic mass is 35.5. The van der Waals surface area contributed by atoms with E-state index in [1.54, 1.807) is 0 Å². The van der Waals surface area contributed by atoms with Crippen molar-refractivity contribution in [1.82, 2.24) is 5.32 Å². The highest BCUT2D eigenvalue weighted by Gasteiger charge is 2.52. The topological polar surface area (TPSA) is 47.6 Å². The van der Waals surface area contributed by atoms with Crippen molar-refractivity contribution in [2.75, 3.05) is 6.54 Å². The number of aryl methyl sites for hydroxylation is 1. The van der Waals surface area contributed by atoms with Crippen LogP contribution >= 0.6 is 11.6 Å². The molecule has 1 fully saturated rings. The summed E-state index contributed by atoms with van der Waals surface area (Å²) in [5, 5.41) is 3.51. The molecule has 1 aliphatic heterocycles. The molecule has 1 aromatic carbocycles. The summed E-state index contributed by atoms with van der Waals surface area (Å²) in [6, 6.07) is 5.85. The Morgan fingerprint density at radius 1 is 1.25 bits per heavy atom. The maximum atomic E-state index is 11.3. The molecule has 1 heterocycles. The van der Waals surface area contributed by atoms with Gasteiger partial charge in [0.2, 0.25) is 5.91 Å². The quantitative estimate of drug-likeness (QED) is 0.841. The summed E-state index contributed by atoms with van der Waals surface area (Å²) in [6.45, 7) is 11.8. The van der Waals surface area contributed by atoms with Crippen molar-refractivity contribution < 1.29 is 14.1 Å². The van der Waals surface area contributed by atoms with Gasteiger partial charge in [0.1, 0.15) is 0 Å². The SMILES string of the molecule is CC(=O)NCC(=Cc1cccc(C)c1Cl)B1OC(C)(C)C(C)(C)O1. The van der Waals surface area contributed by atoms with Gasteiger partial charge in [-0.1, -0.05) is 35.9 Å². The maximum Gasteiger partial charge on any atom is 0.492 e. The Bertz CT molecular complexity index is 654. The van der Waals surface area contributed by atoms with Gasteiger partial charge < -0.3 is 14.6 Å². The average molecular weight is 350 g/mol. The summed E-state index contributed by atoms with van der Waals surface area (Å²) in [4.78, 5) is 11.3. The number of hydrogen-bond acceptors (Lipinski definition) is 3. The van der Waals surface area contributed by atoms with Crippen LogP contribution in [0.25, 0.3) is 6.08 Å². The molecule has 1 N–H and O–H groups in total. The first-order valence-electron chi connectivity index (χ1n) is 8.09. The van der Waals surface area contributed by atoms with Crippen LogP contribution in [0, 0.1) is 6.92 Å². The van der Waals surface area contributed by atoms with Gasteiger partial charge in [0.15, 0.2) is 0 Å². The average Bonchev–Trinajstić information content (AvgIpc) is 2.67. The highest BCUT2D eigenvalue weighted by molar-refractivity contribution is 6.56. The molecule has 0 radical (unpaired) electrons. The standard InChI is InChI=1S/C18H25BClNO3/c1-12-8-7-9-14(16(12)20)10-15(11-21-13(2)22)19-23-17(3,4)18(5,6)24-19/h7-10H,11H2,1-6H3,(H,21,22). The monoisotopic (exact) mass is 349 g/mol. The number of hydrogen-bond donors (Lipinski definition) is 1. The van der Waals surface area contributed by atoms with Crippen LogP contribution in [0.15, 0.2) is 23.7 Å². The lowest BCUT2D eigenvalue weighted by Crippen LogP contribution is -2.41. The van der Waals surface area contributed by atoms with Crippen LogP contribution in [0.1, 0.15) is 45.7 Å². The molecule has 0 aromatic heterocycles. The molecule has 1 aromatic rings. The fourth-order valence-corrected chi connectivity index (χ4v) is 2.59. The third-order valence-corrected chi connectivity index (χ3v) is 5.18. The van der Waals surface area contributed by atoms with Gasteiger partial charge in [0.05, 0.1) is 16.2 Å². The van der Waals surface area contributed by atoms with E-state index in [0.717, 1.165) is 16.6 Å². The molecule has 0 atom stereocenters. The van der Waals surface area contributed by atoms with E-state index in [2.05, 4.69) is 5.32 Å². The lowest BCUT2D eigenvalue weighted by molar-refractivity contribution is -0.118. The summed E-state index contributed by atoms with van der Waals surface area (Å²) in [7, 11) is -0.529. The molecule has 24 heavy (non-hydrogen) atoms. The first-order chi connectivity index (χ1) is 11.0. The first kappa shape index (κ1) is 19.0. The zero-order chi connectivity index (χ0) is 18.1. The molecule has 0 aliphatic carbocycles. The second-order valence-electron chi connectivity index (χ2n) is 7.20. The van der Waals surface area contributed by atoms with Crippen LogP contribution in [0.5, 0.6) is 0 Å². The van der Waals surface area contributed by atoms with Crippen LogP contribution in [0.2, 0.25) is 5.02 Å². The van der Waals surface area contributed by atoms with E-state index < -0.39 is 18.3 Å². The lowest BCUT2D eigenvalue weighted by Gasteiger charge is -2.32. The van der Waals surface area contributed by atoms with E-state index in [9.17, 15) is 4.79 Å². The van der Waals surface area contributed by atoms with E-state index in [1.807, 2.05) is 58.9 Å². The molecule has 1 amide bonds. The van der Waals surface area contributed by atoms with Crippen molar-refractivity contribution in [3.8, 4) is 0 Å². The van der Waals surface area contributed by atoms with Crippen molar-refractivity contribution in [2.24, 2.45) is 0 Å². The smallest absolute Gasteiger partial charge is 0.400 e. The van der Waals surface area contributed by atoms with E-state index >= 15 is 0 Å². The van der Waals surface area contributed by atoms with Gasteiger partial charge in [-0.25, -0.2) is 0 Å². The molecule has 0 bridgehead atoms. The molecule has 2 rings (SSSR count). The summed E-state index contributed by atoms with van der Waals surface area (Å²) in [6.07, 6.45) is 1.94. The molecular formula is C18H25BClNO3. The molecule has 0 spiro atoms. The van der Waals surface area contributed by atoms with Crippen molar-refractivity contribution in [1.29, 1.82) is 0 Å². The lowest BCUT2D eigenvalue weighted by atomic mass is 9.77. The molecule has 0 unspecified atom stereocenters. The molecular weight excluding hydrogens is 324 g/mol. The Hall–Kier alpha value is -1.30. The minimum atomic E-state index is -0.529. The van der Waals surface area contributed by atoms with Crippen molar-refractivity contribution >= 4 is 30.7 Å². The fourth-order valence-electron chi connectivity index (χ4n) is 2.40. The van der Waals surface area contributed by atoms with Crippen LogP contribution in [-0.4, -0.2) is 30.8 Å². The van der Waals surface area contributed by atoms with E-state index in [0.29, 0.717) is 11.6 Å². The van der Waals surface area contributed by atoms with Gasteiger partial charge in [0, 0.05) is 13.5 Å². The van der Waals surface area contributed by atoms with Crippen LogP contribution in [0.3, 0.4) is 0 Å². The molecule has 1 aliphatic rings. The normalized spacial score (nSPS) is 19.5. The van der Waals surface area contributed by atoms with E-state index in [-0.39, 0.29) is 5.91 Å². The Balaban J connectivity index is 2.37. The summed E-state index contributed by atoms with van der Waals surface area (Å²) in [5.41, 5.74) is 1.83. The zero-order valence-corrected chi connectivity index (χ0v) is 16.0. The van der Waals surface area contributed by atoms with Crippen LogP contribution < -0.4 is 5.32 Å². The predicted octanol–water partition coefficient (Wildman–Crippen LogP) is 3.80. The Morgan fingerprint density at radius 2 is 1.83 bits per heavy atom. The van der Waals surface area contributed by atoms with Crippen molar-refractivity contribution in [2.45, 2.75) is 52.7 Å². The van der Waals surface area contributed by atoms with Crippen molar-refractivity contribution in [3.63, 3.8) is 0 Å². The van der Waals surface area contributed by atoms with E-state index in [4.69, 9.17) is 20.9 Å². The minimum absolute atomic E-state index is 0.104. The van der Waals surface area contributed by atoms with Gasteiger partial charge >= 0.3 is 7.12 Å². The number of carbonyl (C=O) groups excluding carboxylic acids is 1. The Morgan fingerprint density at radius 3 is 2.38 bits per heavy atom. The second kappa shape index (κ2) is 6.91. The van der Waals surface area contributed by atoms with Gasteiger partial charge in [0.25, 0.3) is 0 Å². The summed E-state index contributed by atoms with van der Waals surface area (Å²) < 4.78 is 12.2. The Labute approximate surface area is 149 Å². The summed E-state index contributed by atoms with van der Waals surface area (Å²) in [5.74, 6) is -0.104. The number of carbonyl (C=O) groups is 1. The number of rotatable bonds is 4. The summed E-state index contributed by atoms with van der Waals surface area (Å²) >= 11 is 6.41. The van der Waals surface area contributed by atoms with Gasteiger partial charge in [-0.15, -0.1) is 0 Å². The van der Waals surface area contributed by atoms with Gasteiger partial charge in [-0.05, 0) is 51.2 Å². The molecule has 0 saturated carbocycles. The molecule has 130 valence electrons. The molecule has 4 nitrogen and oxygen atoms in total. The third-order valence-electron chi connectivity index (χ3n) is 4.66.